The predicted octanol–water partition coefficient (Wildman–Crippen LogP) is 3.98. The smallest absolute Gasteiger partial charge is 0.319 e. The Balaban J connectivity index is 0.00000392. The third-order valence-corrected chi connectivity index (χ3v) is 4.77. The molecule has 2 aromatic carbocycles. The number of aliphatic hydroxyl groups is 1. The maximum atomic E-state index is 11.9. The lowest BCUT2D eigenvalue weighted by Crippen LogP contribution is -2.53. The van der Waals surface area contributed by atoms with E-state index in [1.54, 1.807) is 12.1 Å². The number of primary amides is 1. The van der Waals surface area contributed by atoms with Gasteiger partial charge in [-0.2, -0.15) is 0 Å². The van der Waals surface area contributed by atoms with Crippen LogP contribution in [-0.2, 0) is 0 Å². The highest BCUT2D eigenvalue weighted by Crippen LogP contribution is 2.31. The first-order chi connectivity index (χ1) is 12.6. The molecule has 0 saturated heterocycles. The molecule has 0 spiro atoms. The summed E-state index contributed by atoms with van der Waals surface area (Å²) in [7, 11) is 0. The molecule has 0 bridgehead atoms. The molecule has 2 rings (SSSR count). The van der Waals surface area contributed by atoms with Gasteiger partial charge in [0.1, 0.15) is 0 Å². The number of hydrogen-bond donors (Lipinski definition) is 4. The van der Waals surface area contributed by atoms with Crippen LogP contribution in [0.1, 0.15) is 25.5 Å². The van der Waals surface area contributed by atoms with Crippen LogP contribution in [0.3, 0.4) is 0 Å². The van der Waals surface area contributed by atoms with Crippen molar-refractivity contribution in [2.45, 2.75) is 25.5 Å². The molecule has 0 aliphatic carbocycles. The monoisotopic (exact) mass is 446 g/mol. The Morgan fingerprint density at radius 3 is 2.25 bits per heavy atom. The SMILES string of the molecule is CC(C)(CN(C(N)=O)c1ccccc1)NCC(O)c1cc(Cl)c(N)c(Cl)c1.Cl. The van der Waals surface area contributed by atoms with Gasteiger partial charge >= 0.3 is 6.03 Å². The Morgan fingerprint density at radius 2 is 1.75 bits per heavy atom. The van der Waals surface area contributed by atoms with Gasteiger partial charge in [0.05, 0.1) is 21.8 Å². The molecule has 154 valence electrons. The molecule has 0 saturated carbocycles. The van der Waals surface area contributed by atoms with Gasteiger partial charge in [0.25, 0.3) is 0 Å². The normalized spacial score (nSPS) is 12.2. The van der Waals surface area contributed by atoms with Gasteiger partial charge in [-0.3, -0.25) is 4.90 Å². The summed E-state index contributed by atoms with van der Waals surface area (Å²) >= 11 is 12.1. The van der Waals surface area contributed by atoms with Crippen LogP contribution in [0.5, 0.6) is 0 Å². The molecule has 0 fully saturated rings. The first-order valence-corrected chi connectivity index (χ1v) is 9.16. The number of aliphatic hydroxyl groups excluding tert-OH is 1. The Hall–Kier alpha value is -1.70. The number of carbonyl (C=O) groups is 1. The summed E-state index contributed by atoms with van der Waals surface area (Å²) < 4.78 is 0. The van der Waals surface area contributed by atoms with Crippen LogP contribution in [0, 0.1) is 0 Å². The first-order valence-electron chi connectivity index (χ1n) is 8.40. The van der Waals surface area contributed by atoms with E-state index in [2.05, 4.69) is 5.32 Å². The largest absolute Gasteiger partial charge is 0.396 e. The van der Waals surface area contributed by atoms with Crippen LogP contribution in [-0.4, -0.2) is 29.8 Å². The number of anilines is 2. The van der Waals surface area contributed by atoms with Gasteiger partial charge in [-0.15, -0.1) is 12.4 Å². The number of benzene rings is 2. The van der Waals surface area contributed by atoms with E-state index in [9.17, 15) is 9.90 Å². The number of nitrogens with zero attached hydrogens (tertiary/aromatic N) is 1. The van der Waals surface area contributed by atoms with E-state index in [0.29, 0.717) is 27.8 Å². The minimum atomic E-state index is -0.848. The van der Waals surface area contributed by atoms with Crippen molar-refractivity contribution in [1.29, 1.82) is 0 Å². The standard InChI is InChI=1S/C19H24Cl2N4O2.ClH/c1-19(2,11-25(18(23)27)13-6-4-3-5-7-13)24-10-16(26)12-8-14(20)17(22)15(21)9-12;/h3-9,16,24,26H,10-11,22H2,1-2H3,(H2,23,27);1H. The number of rotatable bonds is 7. The molecule has 28 heavy (non-hydrogen) atoms. The molecule has 6 N–H and O–H groups in total. The number of β-amino-alcohol motifs (C(OH)–C–C–N with tert-alkyl or cyclic N) is 1. The molecule has 0 aliphatic heterocycles. The zero-order valence-electron chi connectivity index (χ0n) is 15.7. The van der Waals surface area contributed by atoms with E-state index in [1.807, 2.05) is 44.2 Å². The molecular formula is C19H25Cl3N4O2. The molecule has 1 unspecified atom stereocenters. The number of hydrogen-bond acceptors (Lipinski definition) is 4. The number of urea groups is 1. The van der Waals surface area contributed by atoms with Gasteiger partial charge in [-0.05, 0) is 43.7 Å². The van der Waals surface area contributed by atoms with Crippen molar-refractivity contribution in [2.75, 3.05) is 23.7 Å². The van der Waals surface area contributed by atoms with E-state index in [1.165, 1.54) is 4.90 Å². The zero-order chi connectivity index (χ0) is 20.2. The third-order valence-electron chi connectivity index (χ3n) is 4.15. The minimum absolute atomic E-state index is 0. The molecule has 0 aliphatic rings. The molecular weight excluding hydrogens is 423 g/mol. The summed E-state index contributed by atoms with van der Waals surface area (Å²) in [5, 5.41) is 14.3. The number of nitrogen functional groups attached to an aromatic ring is 1. The van der Waals surface area contributed by atoms with E-state index < -0.39 is 17.7 Å². The van der Waals surface area contributed by atoms with Crippen molar-refractivity contribution in [3.8, 4) is 0 Å². The summed E-state index contributed by atoms with van der Waals surface area (Å²) in [6, 6.07) is 11.8. The van der Waals surface area contributed by atoms with Crippen molar-refractivity contribution < 1.29 is 9.90 Å². The van der Waals surface area contributed by atoms with Gasteiger partial charge in [-0.25, -0.2) is 4.79 Å². The van der Waals surface area contributed by atoms with Crippen LogP contribution in [0.25, 0.3) is 0 Å². The molecule has 6 nitrogen and oxygen atoms in total. The second-order valence-electron chi connectivity index (χ2n) is 6.94. The second-order valence-corrected chi connectivity index (χ2v) is 7.75. The number of amides is 2. The maximum Gasteiger partial charge on any atom is 0.319 e. The predicted molar refractivity (Wildman–Crippen MR) is 119 cm³/mol. The number of halogens is 3. The average molecular weight is 448 g/mol. The molecule has 0 heterocycles. The fourth-order valence-electron chi connectivity index (χ4n) is 2.64. The first kappa shape index (κ1) is 24.3. The molecule has 2 amide bonds. The summed E-state index contributed by atoms with van der Waals surface area (Å²) in [5.74, 6) is 0. The quantitative estimate of drug-likeness (QED) is 0.482. The lowest BCUT2D eigenvalue weighted by Gasteiger charge is -2.33. The van der Waals surface area contributed by atoms with E-state index in [4.69, 9.17) is 34.7 Å². The van der Waals surface area contributed by atoms with Crippen LogP contribution >= 0.6 is 35.6 Å². The molecule has 1 atom stereocenters. The highest BCUT2D eigenvalue weighted by atomic mass is 35.5. The summed E-state index contributed by atoms with van der Waals surface area (Å²) in [5.41, 5.74) is 12.3. The average Bonchev–Trinajstić information content (AvgIpc) is 2.62. The van der Waals surface area contributed by atoms with Crippen molar-refractivity contribution in [1.82, 2.24) is 5.32 Å². The Labute approximate surface area is 181 Å². The molecule has 0 aromatic heterocycles. The number of nitrogens with one attached hydrogen (secondary N) is 1. The Bertz CT molecular complexity index is 780. The molecule has 9 heteroatoms. The lowest BCUT2D eigenvalue weighted by molar-refractivity contribution is 0.161. The third kappa shape index (κ3) is 6.43. The summed E-state index contributed by atoms with van der Waals surface area (Å²) in [4.78, 5) is 13.4. The van der Waals surface area contributed by atoms with Gasteiger partial charge in [0, 0.05) is 24.3 Å². The van der Waals surface area contributed by atoms with Crippen LogP contribution in [0.15, 0.2) is 42.5 Å². The summed E-state index contributed by atoms with van der Waals surface area (Å²) in [6.45, 7) is 4.39. The fraction of sp³-hybridized carbons (Fsp3) is 0.316. The van der Waals surface area contributed by atoms with Crippen molar-refractivity contribution in [3.63, 3.8) is 0 Å². The molecule has 2 aromatic rings. The van der Waals surface area contributed by atoms with Gasteiger partial charge in [0.15, 0.2) is 0 Å². The Morgan fingerprint density at radius 1 is 1.21 bits per heavy atom. The lowest BCUT2D eigenvalue weighted by atomic mass is 10.0. The van der Waals surface area contributed by atoms with Crippen LogP contribution in [0.2, 0.25) is 10.0 Å². The van der Waals surface area contributed by atoms with Crippen molar-refractivity contribution in [3.05, 3.63) is 58.1 Å². The second kappa shape index (κ2) is 10.2. The Kier molecular flexibility index (Phi) is 8.85. The van der Waals surface area contributed by atoms with Crippen LogP contribution < -0.4 is 21.7 Å². The highest BCUT2D eigenvalue weighted by molar-refractivity contribution is 6.38. The number of carbonyl (C=O) groups excluding carboxylic acids is 1. The molecule has 0 radical (unpaired) electrons. The van der Waals surface area contributed by atoms with Gasteiger partial charge in [-0.1, -0.05) is 41.4 Å². The number of nitrogens with two attached hydrogens (primary N) is 2. The summed E-state index contributed by atoms with van der Waals surface area (Å²) in [6.07, 6.45) is -0.848. The number of para-hydroxylation sites is 1. The highest BCUT2D eigenvalue weighted by Gasteiger charge is 2.25. The van der Waals surface area contributed by atoms with Gasteiger partial charge in [0.2, 0.25) is 0 Å². The zero-order valence-corrected chi connectivity index (χ0v) is 18.0. The van der Waals surface area contributed by atoms with Crippen molar-refractivity contribution >= 4 is 53.0 Å². The van der Waals surface area contributed by atoms with E-state index in [-0.39, 0.29) is 24.6 Å². The topological polar surface area (TPSA) is 105 Å². The van der Waals surface area contributed by atoms with Crippen molar-refractivity contribution in [2.24, 2.45) is 5.73 Å². The maximum absolute atomic E-state index is 11.9. The van der Waals surface area contributed by atoms with E-state index >= 15 is 0 Å². The van der Waals surface area contributed by atoms with Crippen LogP contribution in [0.4, 0.5) is 16.2 Å². The van der Waals surface area contributed by atoms with Gasteiger partial charge < -0.3 is 21.9 Å². The van der Waals surface area contributed by atoms with E-state index in [0.717, 1.165) is 0 Å². The fourth-order valence-corrected chi connectivity index (χ4v) is 3.15. The minimum Gasteiger partial charge on any atom is -0.396 e.